The number of rotatable bonds is 16. The predicted molar refractivity (Wildman–Crippen MR) is 319 cm³/mol. The van der Waals surface area contributed by atoms with E-state index in [-0.39, 0.29) is 23.6 Å². The number of aliphatic imine (C=N–C) groups is 1. The van der Waals surface area contributed by atoms with Crippen molar-refractivity contribution >= 4 is 106 Å². The Kier molecular flexibility index (Phi) is 23.6. The third kappa shape index (κ3) is 17.2. The summed E-state index contributed by atoms with van der Waals surface area (Å²) in [6, 6.07) is 18.4. The summed E-state index contributed by atoms with van der Waals surface area (Å²) in [6.07, 6.45) is 20.0. The van der Waals surface area contributed by atoms with Crippen molar-refractivity contribution in [1.82, 2.24) is 52.7 Å². The number of piperidine rings is 3. The number of hydrogen-bond acceptors (Lipinski definition) is 16. The molecule has 9 aromatic rings. The molecule has 26 heteroatoms. The third-order valence-corrected chi connectivity index (χ3v) is 14.6. The Morgan fingerprint density at radius 3 is 1.65 bits per heavy atom. The van der Waals surface area contributed by atoms with Gasteiger partial charge in [0.25, 0.3) is 5.91 Å². The van der Waals surface area contributed by atoms with E-state index in [4.69, 9.17) is 28.8 Å². The maximum atomic E-state index is 12.4. The number of H-pyrrole nitrogens is 1. The lowest BCUT2D eigenvalue weighted by atomic mass is 9.84. The number of esters is 3. The second-order valence-corrected chi connectivity index (χ2v) is 20.6. The predicted octanol–water partition coefficient (Wildman–Crippen LogP) is 9.26. The number of carboxylic acid groups (broad SMARTS) is 1. The van der Waals surface area contributed by atoms with Gasteiger partial charge in [-0.2, -0.15) is 0 Å². The summed E-state index contributed by atoms with van der Waals surface area (Å²) in [7, 11) is 0. The molecule has 0 saturated carbocycles. The first kappa shape index (κ1) is 63.0. The molecule has 0 aromatic carbocycles. The lowest BCUT2D eigenvalue weighted by Gasteiger charge is -2.44. The fourth-order valence-electron chi connectivity index (χ4n) is 8.68. The van der Waals surface area contributed by atoms with E-state index in [9.17, 15) is 24.0 Å². The highest BCUT2D eigenvalue weighted by Gasteiger charge is 2.35. The summed E-state index contributed by atoms with van der Waals surface area (Å²) >= 11 is 10.1. The van der Waals surface area contributed by atoms with Crippen molar-refractivity contribution in [3.8, 4) is 0 Å². The van der Waals surface area contributed by atoms with Gasteiger partial charge in [-0.1, -0.05) is 0 Å². The molecule has 12 rings (SSSR count). The summed E-state index contributed by atoms with van der Waals surface area (Å²) in [5, 5.41) is 11.9. The minimum atomic E-state index is -1.03. The van der Waals surface area contributed by atoms with Crippen molar-refractivity contribution in [2.24, 2.45) is 10.9 Å². The van der Waals surface area contributed by atoms with Gasteiger partial charge in [0.2, 0.25) is 0 Å². The molecular weight excluding hydrogens is 1270 g/mol. The van der Waals surface area contributed by atoms with Gasteiger partial charge in [0.15, 0.2) is 29.4 Å². The Labute approximate surface area is 502 Å². The molecule has 3 saturated heterocycles. The van der Waals surface area contributed by atoms with Crippen molar-refractivity contribution < 1.29 is 52.8 Å². The van der Waals surface area contributed by atoms with E-state index in [0.717, 1.165) is 48.1 Å². The highest BCUT2D eigenvalue weighted by Crippen LogP contribution is 2.28. The second-order valence-electron chi connectivity index (χ2n) is 18.1. The number of halogens is 3. The Bertz CT molecular complexity index is 3620. The molecule has 83 heavy (non-hydrogen) atoms. The van der Waals surface area contributed by atoms with E-state index in [0.29, 0.717) is 56.0 Å². The Hall–Kier alpha value is -7.62. The topological polar surface area (TPSA) is 264 Å². The van der Waals surface area contributed by atoms with Gasteiger partial charge in [-0.15, -0.1) is 0 Å². The molecule has 438 valence electrons. The van der Waals surface area contributed by atoms with Crippen LogP contribution in [0.2, 0.25) is 0 Å². The van der Waals surface area contributed by atoms with Gasteiger partial charge >= 0.3 is 23.9 Å². The molecule has 9 aromatic heterocycles. The monoisotopic (exact) mass is 1330 g/mol. The lowest BCUT2D eigenvalue weighted by molar-refractivity contribution is -0.174. The summed E-state index contributed by atoms with van der Waals surface area (Å²) < 4.78 is 35.5. The smallest absolute Gasteiger partial charge is 0.358 e. The van der Waals surface area contributed by atoms with E-state index in [1.807, 2.05) is 93.9 Å². The minimum Gasteiger partial charge on any atom is -0.476 e. The number of fused-ring (bicyclic) bond motifs is 7. The number of aromatic amines is 1. The normalized spacial score (nSPS) is 15.5. The number of aromatic carboxylic acids is 1. The zero-order chi connectivity index (χ0) is 59.4. The van der Waals surface area contributed by atoms with E-state index in [1.54, 1.807) is 74.8 Å². The largest absolute Gasteiger partial charge is 0.476 e. The molecule has 3 fully saturated rings. The molecule has 1 unspecified atom stereocenters. The number of carbonyl (C=O) groups is 5. The van der Waals surface area contributed by atoms with Crippen molar-refractivity contribution in [2.75, 3.05) is 52.7 Å². The summed E-state index contributed by atoms with van der Waals surface area (Å²) in [6.45, 7) is 14.2. The molecule has 2 atom stereocenters. The summed E-state index contributed by atoms with van der Waals surface area (Å²) in [5.41, 5.74) is 5.65. The quantitative estimate of drug-likeness (QED) is 0.0352. The van der Waals surface area contributed by atoms with Crippen LogP contribution in [-0.4, -0.2) is 160 Å². The number of nitrogens with zero attached hydrogens (tertiary/aromatic N) is 10. The fraction of sp³-hybridized carbons (Fsp3) is 0.333. The SMILES string of the molecule is CCOC(=O)C(N=Cc1ccc[nH]1)C(OCC)OCC.CCOC(=O)c1cn2c(Br)ccc2cn1.CCOC(=O)c1cn2cccc2cn1.O=C(N[C@H]1CN2CCC1CC2)c1cn2c(Br)ccc2cn1.O=C(O)c1cn2c(Br)ccc2cn1. The van der Waals surface area contributed by atoms with Gasteiger partial charge in [0.1, 0.15) is 5.69 Å². The van der Waals surface area contributed by atoms with Gasteiger partial charge in [0.05, 0.1) is 86.2 Å². The first-order chi connectivity index (χ1) is 40.1. The zero-order valence-corrected chi connectivity index (χ0v) is 50.9. The van der Waals surface area contributed by atoms with E-state index in [1.165, 1.54) is 38.3 Å². The van der Waals surface area contributed by atoms with Crippen LogP contribution in [0.4, 0.5) is 0 Å². The lowest BCUT2D eigenvalue weighted by Crippen LogP contribution is -2.57. The van der Waals surface area contributed by atoms with Gasteiger partial charge in [-0.05, 0) is 175 Å². The highest BCUT2D eigenvalue weighted by molar-refractivity contribution is 9.11. The Balaban J connectivity index is 0.000000151. The van der Waals surface area contributed by atoms with Crippen LogP contribution in [0.1, 0.15) is 95.1 Å². The number of hydrogen-bond donors (Lipinski definition) is 3. The average Bonchev–Trinajstić information content (AvgIpc) is 4.60. The molecule has 1 amide bonds. The average molecular weight is 1330 g/mol. The van der Waals surface area contributed by atoms with Crippen molar-refractivity contribution in [2.45, 2.75) is 65.8 Å². The second kappa shape index (κ2) is 31.2. The number of aromatic nitrogens is 9. The number of carbonyl (C=O) groups excluding carboxylic acids is 4. The number of nitrogens with one attached hydrogen (secondary N) is 2. The minimum absolute atomic E-state index is 0.0319. The molecule has 12 heterocycles. The van der Waals surface area contributed by atoms with Crippen LogP contribution < -0.4 is 5.32 Å². The molecule has 23 nitrogen and oxygen atoms in total. The summed E-state index contributed by atoms with van der Waals surface area (Å²) in [5.74, 6) is -1.72. The first-order valence-electron chi connectivity index (χ1n) is 26.6. The van der Waals surface area contributed by atoms with Gasteiger partial charge in [-0.3, -0.25) is 9.79 Å². The third-order valence-electron chi connectivity index (χ3n) is 12.7. The summed E-state index contributed by atoms with van der Waals surface area (Å²) in [4.78, 5) is 83.5. The molecule has 0 aliphatic carbocycles. The molecule has 0 spiro atoms. The van der Waals surface area contributed by atoms with Gasteiger partial charge in [-0.25, -0.2) is 39.1 Å². The van der Waals surface area contributed by atoms with Crippen LogP contribution in [0.5, 0.6) is 0 Å². The number of amides is 1. The standard InChI is InChI=1S/C15H17BrN4O.C14H22N2O4.C10H9BrN2O2.C10H10N2O2.C8H5BrN2O2/c16-14-2-1-11-7-17-13(9-20(11)14)15(21)18-12-8-19-5-3-10(12)4-6-19;1-4-18-13(17)12(14(19-5-2)20-6-3)16-10-11-8-7-9-15-11;1-2-15-10(14)8-6-13-7(5-12-8)3-4-9(13)11;1-2-14-10(13)9-7-12-5-3-4-8(12)6-11-9;9-7-2-1-5-3-10-6(8(12)13)4-11(5)7/h1-2,7,9-10,12H,3-6,8H2,(H,18,21);7-10,12,14-15H,4-6H2,1-3H3;3-6H,2H2,1H3;3-7H,2H2,1H3;1-4H,(H,12,13)/t12-;;;;/m0..../s1. The van der Waals surface area contributed by atoms with Crippen molar-refractivity contribution in [3.63, 3.8) is 0 Å². The van der Waals surface area contributed by atoms with E-state index >= 15 is 0 Å². The fourth-order valence-corrected chi connectivity index (χ4v) is 10.00. The van der Waals surface area contributed by atoms with Crippen LogP contribution in [0.3, 0.4) is 0 Å². The van der Waals surface area contributed by atoms with Crippen LogP contribution in [0.25, 0.3) is 22.1 Å². The zero-order valence-electron chi connectivity index (χ0n) is 46.1. The van der Waals surface area contributed by atoms with Crippen molar-refractivity contribution in [3.05, 3.63) is 165 Å². The van der Waals surface area contributed by atoms with Gasteiger partial charge in [0, 0.05) is 69.2 Å². The maximum absolute atomic E-state index is 12.4. The van der Waals surface area contributed by atoms with E-state index in [2.05, 4.69) is 87.9 Å². The molecule has 2 bridgehead atoms. The van der Waals surface area contributed by atoms with Crippen LogP contribution >= 0.6 is 47.8 Å². The van der Waals surface area contributed by atoms with Crippen LogP contribution in [0.15, 0.2) is 141 Å². The first-order valence-corrected chi connectivity index (χ1v) is 29.0. The molecule has 3 aliphatic heterocycles. The van der Waals surface area contributed by atoms with Crippen LogP contribution in [0, 0.1) is 5.92 Å². The van der Waals surface area contributed by atoms with Crippen LogP contribution in [-0.2, 0) is 28.5 Å². The van der Waals surface area contributed by atoms with Crippen molar-refractivity contribution in [1.29, 1.82) is 0 Å². The van der Waals surface area contributed by atoms with E-state index < -0.39 is 30.2 Å². The van der Waals surface area contributed by atoms with Gasteiger partial charge < -0.3 is 61.6 Å². The Morgan fingerprint density at radius 1 is 0.651 bits per heavy atom. The Morgan fingerprint density at radius 2 is 1.16 bits per heavy atom. The molecular formula is C57H63Br3N12O11. The highest BCUT2D eigenvalue weighted by atomic mass is 79.9. The maximum Gasteiger partial charge on any atom is 0.358 e. The molecule has 3 N–H and O–H groups in total. The number of ether oxygens (including phenoxy) is 5. The molecule has 3 aliphatic rings. The number of carboxylic acids is 1. The molecule has 0 radical (unpaired) electrons.